The molecule has 0 aliphatic carbocycles. The van der Waals surface area contributed by atoms with E-state index in [2.05, 4.69) is 15.5 Å². The summed E-state index contributed by atoms with van der Waals surface area (Å²) in [5, 5.41) is 7.78. The number of nitrogens with one attached hydrogen (secondary N) is 1. The molecule has 7 nitrogen and oxygen atoms in total. The van der Waals surface area contributed by atoms with Gasteiger partial charge in [-0.3, -0.25) is 14.2 Å². The highest BCUT2D eigenvalue weighted by Gasteiger charge is 2.16. The fourth-order valence-corrected chi connectivity index (χ4v) is 4.63. The summed E-state index contributed by atoms with van der Waals surface area (Å²) in [6, 6.07) is 1.66. The van der Waals surface area contributed by atoms with E-state index in [9.17, 15) is 9.59 Å². The molecule has 1 amide bonds. The molecule has 0 saturated heterocycles. The molecule has 0 aliphatic heterocycles. The van der Waals surface area contributed by atoms with Gasteiger partial charge in [0.25, 0.3) is 5.56 Å². The number of thioether (sulfide) groups is 1. The van der Waals surface area contributed by atoms with Gasteiger partial charge in [0.15, 0.2) is 11.0 Å². The van der Waals surface area contributed by atoms with E-state index in [1.54, 1.807) is 17.6 Å². The van der Waals surface area contributed by atoms with E-state index < -0.39 is 0 Å². The van der Waals surface area contributed by atoms with Crippen molar-refractivity contribution in [1.29, 1.82) is 0 Å². The van der Waals surface area contributed by atoms with Crippen LogP contribution < -0.4 is 10.9 Å². The first-order valence-electron chi connectivity index (χ1n) is 8.27. The van der Waals surface area contributed by atoms with Crippen molar-refractivity contribution in [3.63, 3.8) is 0 Å². The molecule has 9 heteroatoms. The van der Waals surface area contributed by atoms with Crippen LogP contribution in [0, 0.1) is 20.8 Å². The Bertz CT molecular complexity index is 1020. The van der Waals surface area contributed by atoms with Crippen molar-refractivity contribution in [3.8, 4) is 0 Å². The Hall–Kier alpha value is -2.13. The van der Waals surface area contributed by atoms with Gasteiger partial charge in [0.1, 0.15) is 10.6 Å². The van der Waals surface area contributed by atoms with Crippen molar-refractivity contribution in [2.24, 2.45) is 0 Å². The average Bonchev–Trinajstić information content (AvgIpc) is 3.11. The highest BCUT2D eigenvalue weighted by atomic mass is 32.2. The van der Waals surface area contributed by atoms with Gasteiger partial charge in [-0.2, -0.15) is 0 Å². The van der Waals surface area contributed by atoms with Gasteiger partial charge < -0.3 is 9.84 Å². The number of hydrogen-bond acceptors (Lipinski definition) is 7. The third-order valence-corrected chi connectivity index (χ3v) is 6.11. The van der Waals surface area contributed by atoms with Crippen LogP contribution in [0.1, 0.15) is 29.5 Å². The van der Waals surface area contributed by atoms with Gasteiger partial charge in [-0.15, -0.1) is 11.3 Å². The van der Waals surface area contributed by atoms with Crippen LogP contribution in [0.15, 0.2) is 20.5 Å². The Balaban J connectivity index is 1.72. The van der Waals surface area contributed by atoms with Crippen LogP contribution in [-0.2, 0) is 11.3 Å². The summed E-state index contributed by atoms with van der Waals surface area (Å²) in [7, 11) is 0. The molecule has 138 valence electrons. The van der Waals surface area contributed by atoms with Gasteiger partial charge in [0.2, 0.25) is 5.91 Å². The van der Waals surface area contributed by atoms with Crippen molar-refractivity contribution in [2.45, 2.75) is 45.8 Å². The van der Waals surface area contributed by atoms with E-state index in [-0.39, 0.29) is 17.9 Å². The molecule has 1 N–H and O–H groups in total. The number of fused-ring (bicyclic) bond motifs is 1. The maximum absolute atomic E-state index is 12.8. The molecule has 0 aliphatic rings. The SMILES string of the molecule is CCn1c(SCCC(=O)Nc2cc(C)on2)nc2sc(C)c(C)c2c1=O. The maximum Gasteiger partial charge on any atom is 0.263 e. The minimum atomic E-state index is -0.153. The Labute approximate surface area is 158 Å². The molecule has 0 saturated carbocycles. The Kier molecular flexibility index (Phi) is 5.47. The lowest BCUT2D eigenvalue weighted by atomic mass is 10.2. The third kappa shape index (κ3) is 3.68. The number of carbonyl (C=O) groups is 1. The molecule has 0 fully saturated rings. The largest absolute Gasteiger partial charge is 0.360 e. The predicted molar refractivity (Wildman–Crippen MR) is 104 cm³/mol. The molecule has 0 aromatic carbocycles. The first kappa shape index (κ1) is 18.7. The number of hydrogen-bond donors (Lipinski definition) is 1. The van der Waals surface area contributed by atoms with Crippen molar-refractivity contribution in [2.75, 3.05) is 11.1 Å². The number of nitrogens with zero attached hydrogens (tertiary/aromatic N) is 3. The van der Waals surface area contributed by atoms with Crippen LogP contribution in [0.25, 0.3) is 10.2 Å². The van der Waals surface area contributed by atoms with E-state index in [0.29, 0.717) is 34.4 Å². The van der Waals surface area contributed by atoms with Gasteiger partial charge in [-0.1, -0.05) is 16.9 Å². The molecule has 0 bridgehead atoms. The number of thiophene rings is 1. The second kappa shape index (κ2) is 7.63. The summed E-state index contributed by atoms with van der Waals surface area (Å²) < 4.78 is 6.59. The van der Waals surface area contributed by atoms with Crippen LogP contribution in [-0.4, -0.2) is 26.4 Å². The summed E-state index contributed by atoms with van der Waals surface area (Å²) in [6.07, 6.45) is 0.288. The zero-order valence-electron chi connectivity index (χ0n) is 15.1. The smallest absolute Gasteiger partial charge is 0.263 e. The molecule has 0 unspecified atom stereocenters. The lowest BCUT2D eigenvalue weighted by molar-refractivity contribution is -0.115. The predicted octanol–water partition coefficient (Wildman–Crippen LogP) is 3.51. The van der Waals surface area contributed by atoms with Crippen LogP contribution in [0.4, 0.5) is 5.82 Å². The maximum atomic E-state index is 12.8. The molecular formula is C17H20N4O3S2. The van der Waals surface area contributed by atoms with E-state index in [1.165, 1.54) is 23.1 Å². The zero-order valence-corrected chi connectivity index (χ0v) is 16.7. The van der Waals surface area contributed by atoms with E-state index in [0.717, 1.165) is 15.3 Å². The number of anilines is 1. The van der Waals surface area contributed by atoms with E-state index >= 15 is 0 Å². The van der Waals surface area contributed by atoms with E-state index in [4.69, 9.17) is 4.52 Å². The van der Waals surface area contributed by atoms with Crippen LogP contribution in [0.5, 0.6) is 0 Å². The number of aryl methyl sites for hydroxylation is 3. The van der Waals surface area contributed by atoms with Gasteiger partial charge >= 0.3 is 0 Å². The number of aromatic nitrogens is 3. The second-order valence-electron chi connectivity index (χ2n) is 5.88. The minimum Gasteiger partial charge on any atom is -0.360 e. The molecule has 0 atom stereocenters. The Morgan fingerprint density at radius 1 is 1.38 bits per heavy atom. The molecule has 3 aromatic heterocycles. The van der Waals surface area contributed by atoms with Crippen molar-refractivity contribution >= 4 is 45.0 Å². The normalized spacial score (nSPS) is 11.2. The quantitative estimate of drug-likeness (QED) is 0.510. The number of rotatable bonds is 6. The summed E-state index contributed by atoms with van der Waals surface area (Å²) >= 11 is 2.95. The lowest BCUT2D eigenvalue weighted by Crippen LogP contribution is -2.22. The van der Waals surface area contributed by atoms with Crippen LogP contribution >= 0.6 is 23.1 Å². The Morgan fingerprint density at radius 3 is 2.81 bits per heavy atom. The van der Waals surface area contributed by atoms with Crippen LogP contribution in [0.3, 0.4) is 0 Å². The summed E-state index contributed by atoms with van der Waals surface area (Å²) in [6.45, 7) is 8.19. The number of amides is 1. The molecule has 0 spiro atoms. The number of carbonyl (C=O) groups excluding carboxylic acids is 1. The molecule has 3 rings (SSSR count). The summed E-state index contributed by atoms with van der Waals surface area (Å²) in [5.41, 5.74) is 0.993. The standard InChI is InChI=1S/C17H20N4O3S2/c1-5-21-16(23)14-10(3)11(4)26-15(14)19-17(21)25-7-6-13(22)18-12-8-9(2)24-20-12/h8H,5-7H2,1-4H3,(H,18,20,22). The zero-order chi connectivity index (χ0) is 18.8. The lowest BCUT2D eigenvalue weighted by Gasteiger charge is -2.09. The highest BCUT2D eigenvalue weighted by molar-refractivity contribution is 7.99. The molecule has 26 heavy (non-hydrogen) atoms. The summed E-state index contributed by atoms with van der Waals surface area (Å²) in [5.74, 6) is 1.41. The fraction of sp³-hybridized carbons (Fsp3) is 0.412. The van der Waals surface area contributed by atoms with Crippen molar-refractivity contribution < 1.29 is 9.32 Å². The van der Waals surface area contributed by atoms with Crippen molar-refractivity contribution in [3.05, 3.63) is 32.6 Å². The highest BCUT2D eigenvalue weighted by Crippen LogP contribution is 2.28. The third-order valence-electron chi connectivity index (χ3n) is 4.03. The van der Waals surface area contributed by atoms with Gasteiger partial charge in [0, 0.05) is 29.7 Å². The fourth-order valence-electron chi connectivity index (χ4n) is 2.56. The molecule has 3 heterocycles. The first-order chi connectivity index (χ1) is 12.4. The monoisotopic (exact) mass is 392 g/mol. The van der Waals surface area contributed by atoms with Gasteiger partial charge in [0.05, 0.1) is 5.39 Å². The topological polar surface area (TPSA) is 90.0 Å². The molecule has 0 radical (unpaired) electrons. The van der Waals surface area contributed by atoms with Crippen LogP contribution in [0.2, 0.25) is 0 Å². The average molecular weight is 393 g/mol. The minimum absolute atomic E-state index is 0.00984. The Morgan fingerprint density at radius 2 is 2.15 bits per heavy atom. The second-order valence-corrected chi connectivity index (χ2v) is 8.14. The summed E-state index contributed by atoms with van der Waals surface area (Å²) in [4.78, 5) is 31.3. The van der Waals surface area contributed by atoms with Gasteiger partial charge in [-0.05, 0) is 33.3 Å². The first-order valence-corrected chi connectivity index (χ1v) is 10.1. The van der Waals surface area contributed by atoms with Gasteiger partial charge in [-0.25, -0.2) is 4.98 Å². The van der Waals surface area contributed by atoms with Crippen molar-refractivity contribution in [1.82, 2.24) is 14.7 Å². The molecule has 3 aromatic rings. The molecular weight excluding hydrogens is 372 g/mol. The van der Waals surface area contributed by atoms with E-state index in [1.807, 2.05) is 20.8 Å².